The SMILES string of the molecule is CC1CC1NC(C)C1CCCOC1. The topological polar surface area (TPSA) is 21.3 Å². The van der Waals surface area contributed by atoms with Crippen molar-refractivity contribution in [3.63, 3.8) is 0 Å². The molecule has 0 spiro atoms. The molecule has 4 unspecified atom stereocenters. The minimum absolute atomic E-state index is 0.648. The third-order valence-electron chi connectivity index (χ3n) is 3.49. The van der Waals surface area contributed by atoms with Crippen molar-refractivity contribution in [3.8, 4) is 0 Å². The second kappa shape index (κ2) is 3.97. The van der Waals surface area contributed by atoms with Crippen LogP contribution in [0.15, 0.2) is 0 Å². The van der Waals surface area contributed by atoms with Gasteiger partial charge in [0, 0.05) is 18.7 Å². The maximum absolute atomic E-state index is 5.49. The molecule has 2 aliphatic rings. The number of hydrogen-bond donors (Lipinski definition) is 1. The smallest absolute Gasteiger partial charge is 0.0509 e. The van der Waals surface area contributed by atoms with Crippen molar-refractivity contribution in [2.75, 3.05) is 13.2 Å². The molecular weight excluding hydrogens is 162 g/mol. The fourth-order valence-corrected chi connectivity index (χ4v) is 2.19. The maximum atomic E-state index is 5.49. The van der Waals surface area contributed by atoms with E-state index >= 15 is 0 Å². The molecule has 0 radical (unpaired) electrons. The van der Waals surface area contributed by atoms with Crippen molar-refractivity contribution in [2.45, 2.75) is 45.2 Å². The highest BCUT2D eigenvalue weighted by atomic mass is 16.5. The Balaban J connectivity index is 1.72. The van der Waals surface area contributed by atoms with E-state index in [1.807, 2.05) is 0 Å². The van der Waals surface area contributed by atoms with Crippen LogP contribution in [0, 0.1) is 11.8 Å². The van der Waals surface area contributed by atoms with Crippen LogP contribution in [0.5, 0.6) is 0 Å². The fourth-order valence-electron chi connectivity index (χ4n) is 2.19. The second-order valence-electron chi connectivity index (χ2n) is 4.75. The lowest BCUT2D eigenvalue weighted by Gasteiger charge is -2.28. The van der Waals surface area contributed by atoms with Crippen LogP contribution in [0.2, 0.25) is 0 Å². The van der Waals surface area contributed by atoms with E-state index in [-0.39, 0.29) is 0 Å². The Morgan fingerprint density at radius 3 is 2.77 bits per heavy atom. The molecule has 0 aromatic carbocycles. The highest BCUT2D eigenvalue weighted by Crippen LogP contribution is 2.30. The van der Waals surface area contributed by atoms with Crippen LogP contribution >= 0.6 is 0 Å². The molecule has 1 N–H and O–H groups in total. The third-order valence-corrected chi connectivity index (χ3v) is 3.49. The lowest BCUT2D eigenvalue weighted by Crippen LogP contribution is -2.39. The van der Waals surface area contributed by atoms with Gasteiger partial charge in [-0.1, -0.05) is 6.92 Å². The maximum Gasteiger partial charge on any atom is 0.0509 e. The molecule has 0 aromatic rings. The summed E-state index contributed by atoms with van der Waals surface area (Å²) in [5, 5.41) is 3.69. The zero-order valence-corrected chi connectivity index (χ0v) is 8.75. The van der Waals surface area contributed by atoms with Crippen LogP contribution < -0.4 is 5.32 Å². The Morgan fingerprint density at radius 2 is 2.23 bits per heavy atom. The van der Waals surface area contributed by atoms with Gasteiger partial charge in [-0.3, -0.25) is 0 Å². The predicted octanol–water partition coefficient (Wildman–Crippen LogP) is 1.80. The summed E-state index contributed by atoms with van der Waals surface area (Å²) < 4.78 is 5.49. The summed E-state index contributed by atoms with van der Waals surface area (Å²) in [5.41, 5.74) is 0. The van der Waals surface area contributed by atoms with E-state index in [0.717, 1.165) is 31.1 Å². The normalized spacial score (nSPS) is 41.5. The molecular formula is C11H21NO. The summed E-state index contributed by atoms with van der Waals surface area (Å²) in [6, 6.07) is 1.45. The number of nitrogens with one attached hydrogen (secondary N) is 1. The molecule has 13 heavy (non-hydrogen) atoms. The van der Waals surface area contributed by atoms with Gasteiger partial charge < -0.3 is 10.1 Å². The molecule has 1 saturated carbocycles. The van der Waals surface area contributed by atoms with E-state index in [0.29, 0.717) is 6.04 Å². The van der Waals surface area contributed by atoms with Gasteiger partial charge in [-0.05, 0) is 38.0 Å². The van der Waals surface area contributed by atoms with Crippen molar-refractivity contribution < 1.29 is 4.74 Å². The number of rotatable bonds is 3. The number of hydrogen-bond acceptors (Lipinski definition) is 2. The van der Waals surface area contributed by atoms with Crippen LogP contribution in [-0.4, -0.2) is 25.3 Å². The Kier molecular flexibility index (Phi) is 2.89. The first kappa shape index (κ1) is 9.47. The Hall–Kier alpha value is -0.0800. The largest absolute Gasteiger partial charge is 0.381 e. The number of ether oxygens (including phenoxy) is 1. The summed E-state index contributed by atoms with van der Waals surface area (Å²) in [4.78, 5) is 0. The highest BCUT2D eigenvalue weighted by molar-refractivity contribution is 4.92. The Morgan fingerprint density at radius 1 is 1.46 bits per heavy atom. The van der Waals surface area contributed by atoms with Gasteiger partial charge in [0.2, 0.25) is 0 Å². The van der Waals surface area contributed by atoms with E-state index in [1.165, 1.54) is 19.3 Å². The molecule has 0 aromatic heterocycles. The van der Waals surface area contributed by atoms with Gasteiger partial charge in [0.1, 0.15) is 0 Å². The fraction of sp³-hybridized carbons (Fsp3) is 1.00. The van der Waals surface area contributed by atoms with Crippen LogP contribution in [0.3, 0.4) is 0 Å². The minimum Gasteiger partial charge on any atom is -0.381 e. The molecule has 76 valence electrons. The van der Waals surface area contributed by atoms with Gasteiger partial charge in [-0.2, -0.15) is 0 Å². The average Bonchev–Trinajstić information content (AvgIpc) is 2.83. The van der Waals surface area contributed by atoms with Crippen LogP contribution in [0.25, 0.3) is 0 Å². The average molecular weight is 183 g/mol. The van der Waals surface area contributed by atoms with Gasteiger partial charge in [0.25, 0.3) is 0 Å². The van der Waals surface area contributed by atoms with E-state index in [4.69, 9.17) is 4.74 Å². The predicted molar refractivity (Wildman–Crippen MR) is 53.7 cm³/mol. The lowest BCUT2D eigenvalue weighted by atomic mass is 9.95. The summed E-state index contributed by atoms with van der Waals surface area (Å²) >= 11 is 0. The van der Waals surface area contributed by atoms with Gasteiger partial charge in [-0.15, -0.1) is 0 Å². The van der Waals surface area contributed by atoms with E-state index < -0.39 is 0 Å². The zero-order chi connectivity index (χ0) is 9.26. The summed E-state index contributed by atoms with van der Waals surface area (Å²) in [5.74, 6) is 1.66. The first-order chi connectivity index (χ1) is 6.27. The molecule has 0 amide bonds. The van der Waals surface area contributed by atoms with E-state index in [2.05, 4.69) is 19.2 Å². The molecule has 1 saturated heterocycles. The minimum atomic E-state index is 0.648. The molecule has 1 heterocycles. The van der Waals surface area contributed by atoms with Crippen LogP contribution in [0.4, 0.5) is 0 Å². The molecule has 1 aliphatic heterocycles. The van der Waals surface area contributed by atoms with Crippen molar-refractivity contribution in [1.82, 2.24) is 5.32 Å². The van der Waals surface area contributed by atoms with Crippen molar-refractivity contribution in [1.29, 1.82) is 0 Å². The van der Waals surface area contributed by atoms with E-state index in [1.54, 1.807) is 0 Å². The highest BCUT2D eigenvalue weighted by Gasteiger charge is 2.34. The quantitative estimate of drug-likeness (QED) is 0.720. The molecule has 2 fully saturated rings. The second-order valence-corrected chi connectivity index (χ2v) is 4.75. The first-order valence-electron chi connectivity index (χ1n) is 5.61. The lowest BCUT2D eigenvalue weighted by molar-refractivity contribution is 0.0415. The van der Waals surface area contributed by atoms with Crippen molar-refractivity contribution >= 4 is 0 Å². The summed E-state index contributed by atoms with van der Waals surface area (Å²) in [6.45, 7) is 6.57. The van der Waals surface area contributed by atoms with Gasteiger partial charge in [-0.25, -0.2) is 0 Å². The van der Waals surface area contributed by atoms with Crippen LogP contribution in [0.1, 0.15) is 33.1 Å². The standard InChI is InChI=1S/C11H21NO/c1-8-6-11(8)12-9(2)10-4-3-5-13-7-10/h8-12H,3-7H2,1-2H3. The Bertz CT molecular complexity index is 165. The molecule has 4 atom stereocenters. The van der Waals surface area contributed by atoms with Crippen molar-refractivity contribution in [2.24, 2.45) is 11.8 Å². The molecule has 2 heteroatoms. The van der Waals surface area contributed by atoms with Gasteiger partial charge in [0.05, 0.1) is 6.61 Å². The van der Waals surface area contributed by atoms with Gasteiger partial charge in [0.15, 0.2) is 0 Å². The summed E-state index contributed by atoms with van der Waals surface area (Å²) in [7, 11) is 0. The zero-order valence-electron chi connectivity index (χ0n) is 8.75. The Labute approximate surface area is 81.0 Å². The van der Waals surface area contributed by atoms with E-state index in [9.17, 15) is 0 Å². The first-order valence-corrected chi connectivity index (χ1v) is 5.61. The third kappa shape index (κ3) is 2.44. The molecule has 0 bridgehead atoms. The van der Waals surface area contributed by atoms with Crippen LogP contribution in [-0.2, 0) is 4.74 Å². The summed E-state index contributed by atoms with van der Waals surface area (Å²) in [6.07, 6.45) is 3.96. The van der Waals surface area contributed by atoms with Crippen molar-refractivity contribution in [3.05, 3.63) is 0 Å². The molecule has 2 nitrogen and oxygen atoms in total. The molecule has 2 rings (SSSR count). The van der Waals surface area contributed by atoms with Gasteiger partial charge >= 0.3 is 0 Å². The monoisotopic (exact) mass is 183 g/mol. The molecule has 1 aliphatic carbocycles.